The summed E-state index contributed by atoms with van der Waals surface area (Å²) in [7, 11) is 0. The minimum atomic E-state index is -0.137. The van der Waals surface area contributed by atoms with Crippen molar-refractivity contribution in [1.29, 1.82) is 0 Å². The molecule has 2 aromatic rings. The zero-order chi connectivity index (χ0) is 18.6. The van der Waals surface area contributed by atoms with Crippen molar-refractivity contribution >= 4 is 11.8 Å². The molecular weight excluding hydrogens is 338 g/mol. The maximum atomic E-state index is 12.6. The Morgan fingerprint density at radius 1 is 1.07 bits per heavy atom. The van der Waals surface area contributed by atoms with E-state index in [4.69, 9.17) is 0 Å². The van der Waals surface area contributed by atoms with E-state index in [1.165, 1.54) is 11.1 Å². The van der Waals surface area contributed by atoms with Crippen molar-refractivity contribution in [2.75, 3.05) is 13.1 Å². The third-order valence-corrected chi connectivity index (χ3v) is 5.47. The van der Waals surface area contributed by atoms with Crippen LogP contribution in [0.5, 0.6) is 0 Å². The third kappa shape index (κ3) is 4.03. The lowest BCUT2D eigenvalue weighted by Gasteiger charge is -2.32. The Hall–Kier alpha value is -2.66. The van der Waals surface area contributed by atoms with Crippen molar-refractivity contribution in [2.24, 2.45) is 5.92 Å². The normalized spacial score (nSPS) is 18.8. The highest BCUT2D eigenvalue weighted by atomic mass is 16.2. The monoisotopic (exact) mass is 363 g/mol. The van der Waals surface area contributed by atoms with Crippen LogP contribution < -0.4 is 10.6 Å². The first-order valence-corrected chi connectivity index (χ1v) is 9.64. The average molecular weight is 363 g/mol. The second kappa shape index (κ2) is 7.92. The van der Waals surface area contributed by atoms with E-state index >= 15 is 0 Å². The Kier molecular flexibility index (Phi) is 5.21. The van der Waals surface area contributed by atoms with Crippen LogP contribution in [0, 0.1) is 5.92 Å². The summed E-state index contributed by atoms with van der Waals surface area (Å²) < 4.78 is 0. The van der Waals surface area contributed by atoms with Crippen LogP contribution in [0.15, 0.2) is 48.5 Å². The summed E-state index contributed by atoms with van der Waals surface area (Å²) in [5.74, 6) is -0.0825. The van der Waals surface area contributed by atoms with Crippen molar-refractivity contribution < 1.29 is 9.59 Å². The number of carbonyl (C=O) groups is 2. The van der Waals surface area contributed by atoms with E-state index in [2.05, 4.69) is 28.8 Å². The van der Waals surface area contributed by atoms with E-state index in [-0.39, 0.29) is 17.7 Å². The number of carbonyl (C=O) groups excluding carboxylic acids is 2. The lowest BCUT2D eigenvalue weighted by Crippen LogP contribution is -2.45. The molecule has 5 heteroatoms. The fourth-order valence-corrected chi connectivity index (χ4v) is 3.93. The summed E-state index contributed by atoms with van der Waals surface area (Å²) in [5.41, 5.74) is 4.47. The molecule has 1 fully saturated rings. The molecule has 2 aliphatic heterocycles. The minimum absolute atomic E-state index is 0.0132. The summed E-state index contributed by atoms with van der Waals surface area (Å²) in [6.45, 7) is 3.57. The number of benzene rings is 2. The molecule has 2 amide bonds. The number of hydrogen-bond donors (Lipinski definition) is 2. The van der Waals surface area contributed by atoms with Crippen molar-refractivity contribution in [3.8, 4) is 0 Å². The number of nitrogens with one attached hydrogen (secondary N) is 2. The summed E-state index contributed by atoms with van der Waals surface area (Å²) in [4.78, 5) is 27.1. The van der Waals surface area contributed by atoms with Gasteiger partial charge in [0.15, 0.2) is 0 Å². The molecule has 0 spiro atoms. The van der Waals surface area contributed by atoms with Crippen molar-refractivity contribution in [2.45, 2.75) is 32.5 Å². The standard InChI is InChI=1S/C22H25N3O2/c26-21(24-12-16-8-9-18-13-23-14-20(18)11-16)19-7-4-10-25(15-19)22(27)17-5-2-1-3-6-17/h1-3,5-6,8-9,11,19,23H,4,7,10,12-15H2,(H,24,26). The quantitative estimate of drug-likeness (QED) is 0.877. The van der Waals surface area contributed by atoms with E-state index in [0.717, 1.165) is 38.0 Å². The second-order valence-corrected chi connectivity index (χ2v) is 7.38. The molecule has 5 nitrogen and oxygen atoms in total. The highest BCUT2D eigenvalue weighted by molar-refractivity contribution is 5.94. The molecule has 0 saturated carbocycles. The Morgan fingerprint density at radius 2 is 1.89 bits per heavy atom. The number of fused-ring (bicyclic) bond motifs is 1. The summed E-state index contributed by atoms with van der Waals surface area (Å²) >= 11 is 0. The van der Waals surface area contributed by atoms with Crippen LogP contribution in [0.25, 0.3) is 0 Å². The minimum Gasteiger partial charge on any atom is -0.352 e. The predicted octanol–water partition coefficient (Wildman–Crippen LogP) is 2.46. The molecular formula is C22H25N3O2. The third-order valence-electron chi connectivity index (χ3n) is 5.47. The van der Waals surface area contributed by atoms with Crippen molar-refractivity contribution in [3.63, 3.8) is 0 Å². The largest absolute Gasteiger partial charge is 0.352 e. The lowest BCUT2D eigenvalue weighted by molar-refractivity contribution is -0.126. The van der Waals surface area contributed by atoms with E-state index in [0.29, 0.717) is 18.7 Å². The molecule has 1 unspecified atom stereocenters. The lowest BCUT2D eigenvalue weighted by atomic mass is 9.96. The smallest absolute Gasteiger partial charge is 0.253 e. The fourth-order valence-electron chi connectivity index (χ4n) is 3.93. The van der Waals surface area contributed by atoms with Gasteiger partial charge in [0.25, 0.3) is 5.91 Å². The van der Waals surface area contributed by atoms with Gasteiger partial charge >= 0.3 is 0 Å². The van der Waals surface area contributed by atoms with Crippen molar-refractivity contribution in [1.82, 2.24) is 15.5 Å². The average Bonchev–Trinajstić information content (AvgIpc) is 3.20. The molecule has 2 N–H and O–H groups in total. The van der Waals surface area contributed by atoms with Gasteiger partial charge in [0, 0.05) is 38.3 Å². The Balaban J connectivity index is 1.34. The first-order valence-electron chi connectivity index (χ1n) is 9.64. The zero-order valence-electron chi connectivity index (χ0n) is 15.4. The van der Waals surface area contributed by atoms with Gasteiger partial charge in [-0.3, -0.25) is 9.59 Å². The second-order valence-electron chi connectivity index (χ2n) is 7.38. The molecule has 0 aromatic heterocycles. The molecule has 0 radical (unpaired) electrons. The highest BCUT2D eigenvalue weighted by Gasteiger charge is 2.28. The molecule has 4 rings (SSSR count). The predicted molar refractivity (Wildman–Crippen MR) is 104 cm³/mol. The van der Waals surface area contributed by atoms with E-state index < -0.39 is 0 Å². The van der Waals surface area contributed by atoms with Crippen LogP contribution in [0.3, 0.4) is 0 Å². The van der Waals surface area contributed by atoms with E-state index in [9.17, 15) is 9.59 Å². The zero-order valence-corrected chi connectivity index (χ0v) is 15.4. The van der Waals surface area contributed by atoms with Gasteiger partial charge in [-0.25, -0.2) is 0 Å². The van der Waals surface area contributed by atoms with Gasteiger partial charge in [0.1, 0.15) is 0 Å². The maximum absolute atomic E-state index is 12.6. The van der Waals surface area contributed by atoms with Gasteiger partial charge in [-0.05, 0) is 41.7 Å². The molecule has 2 heterocycles. The van der Waals surface area contributed by atoms with Crippen LogP contribution in [0.1, 0.15) is 39.9 Å². The van der Waals surface area contributed by atoms with E-state index in [1.807, 2.05) is 35.2 Å². The molecule has 140 valence electrons. The first kappa shape index (κ1) is 17.7. The van der Waals surface area contributed by atoms with Gasteiger partial charge in [0.2, 0.25) is 5.91 Å². The summed E-state index contributed by atoms with van der Waals surface area (Å²) in [6, 6.07) is 15.7. The molecule has 2 aliphatic rings. The molecule has 1 atom stereocenters. The fraction of sp³-hybridized carbons (Fsp3) is 0.364. The Bertz CT molecular complexity index is 835. The van der Waals surface area contributed by atoms with Gasteiger partial charge in [-0.2, -0.15) is 0 Å². The first-order chi connectivity index (χ1) is 13.2. The van der Waals surface area contributed by atoms with Crippen LogP contribution >= 0.6 is 0 Å². The van der Waals surface area contributed by atoms with Gasteiger partial charge in [-0.15, -0.1) is 0 Å². The number of piperidine rings is 1. The Labute approximate surface area is 159 Å². The number of amides is 2. The van der Waals surface area contributed by atoms with E-state index in [1.54, 1.807) is 0 Å². The van der Waals surface area contributed by atoms with Gasteiger partial charge in [0.05, 0.1) is 5.92 Å². The van der Waals surface area contributed by atoms with Crippen LogP contribution in [-0.2, 0) is 24.4 Å². The SMILES string of the molecule is O=C(NCc1ccc2c(c1)CNC2)C1CCCN(C(=O)c2ccccc2)C1. The number of nitrogens with zero attached hydrogens (tertiary/aromatic N) is 1. The maximum Gasteiger partial charge on any atom is 0.253 e. The highest BCUT2D eigenvalue weighted by Crippen LogP contribution is 2.20. The molecule has 2 aromatic carbocycles. The number of rotatable bonds is 4. The van der Waals surface area contributed by atoms with Crippen molar-refractivity contribution in [3.05, 3.63) is 70.8 Å². The molecule has 27 heavy (non-hydrogen) atoms. The summed E-state index contributed by atoms with van der Waals surface area (Å²) in [5, 5.41) is 6.40. The summed E-state index contributed by atoms with van der Waals surface area (Å²) in [6.07, 6.45) is 1.69. The molecule has 1 saturated heterocycles. The number of hydrogen-bond acceptors (Lipinski definition) is 3. The molecule has 0 aliphatic carbocycles. The van der Waals surface area contributed by atoms with Crippen LogP contribution in [0.2, 0.25) is 0 Å². The van der Waals surface area contributed by atoms with Crippen LogP contribution in [-0.4, -0.2) is 29.8 Å². The number of likely N-dealkylation sites (tertiary alicyclic amines) is 1. The molecule has 0 bridgehead atoms. The van der Waals surface area contributed by atoms with Gasteiger partial charge < -0.3 is 15.5 Å². The topological polar surface area (TPSA) is 61.4 Å². The van der Waals surface area contributed by atoms with Crippen LogP contribution in [0.4, 0.5) is 0 Å². The van der Waals surface area contributed by atoms with Gasteiger partial charge in [-0.1, -0.05) is 36.4 Å². The Morgan fingerprint density at radius 3 is 2.74 bits per heavy atom.